The summed E-state index contributed by atoms with van der Waals surface area (Å²) in [5.74, 6) is 0.181. The third-order valence-corrected chi connectivity index (χ3v) is 4.51. The number of hydrogen-bond donors (Lipinski definition) is 3. The van der Waals surface area contributed by atoms with Gasteiger partial charge >= 0.3 is 12.2 Å². The highest BCUT2D eigenvalue weighted by atomic mass is 19.4. The number of nitrogens with one attached hydrogen (secondary N) is 2. The molecule has 2 amide bonds. The van der Waals surface area contributed by atoms with Crippen LogP contribution in [0.15, 0.2) is 79.0 Å². The monoisotopic (exact) mass is 445 g/mol. The minimum atomic E-state index is -4.43. The first-order valence-electron chi connectivity index (χ1n) is 9.81. The number of alkyl halides is 3. The van der Waals surface area contributed by atoms with Crippen molar-refractivity contribution in [2.45, 2.75) is 18.3 Å². The van der Waals surface area contributed by atoms with E-state index in [1.165, 1.54) is 12.1 Å². The largest absolute Gasteiger partial charge is 0.491 e. The Morgan fingerprint density at radius 2 is 1.69 bits per heavy atom. The van der Waals surface area contributed by atoms with Crippen molar-refractivity contribution in [3.05, 3.63) is 95.8 Å². The van der Waals surface area contributed by atoms with Crippen molar-refractivity contribution >= 4 is 6.03 Å². The molecule has 0 bridgehead atoms. The topological polar surface area (TPSA) is 83.5 Å². The molecule has 0 radical (unpaired) electrons. The second-order valence-electron chi connectivity index (χ2n) is 6.94. The molecule has 0 aliphatic rings. The number of benzene rings is 2. The SMILES string of the molecule is O=C(NCC(O)COc1ccc(C(F)(F)F)cc1)NC(c1ccccc1)c1ccccn1. The average molecular weight is 445 g/mol. The van der Waals surface area contributed by atoms with Gasteiger partial charge in [-0.2, -0.15) is 13.2 Å². The molecule has 0 saturated carbocycles. The summed E-state index contributed by atoms with van der Waals surface area (Å²) in [6.45, 7) is -0.315. The first-order chi connectivity index (χ1) is 15.3. The van der Waals surface area contributed by atoms with Crippen LogP contribution in [0.25, 0.3) is 0 Å². The maximum absolute atomic E-state index is 12.6. The summed E-state index contributed by atoms with van der Waals surface area (Å²) in [4.78, 5) is 16.7. The maximum atomic E-state index is 12.6. The van der Waals surface area contributed by atoms with E-state index < -0.39 is 29.9 Å². The van der Waals surface area contributed by atoms with E-state index >= 15 is 0 Å². The van der Waals surface area contributed by atoms with E-state index in [1.807, 2.05) is 36.4 Å². The van der Waals surface area contributed by atoms with E-state index in [0.717, 1.165) is 17.7 Å². The zero-order valence-electron chi connectivity index (χ0n) is 16.9. The Morgan fingerprint density at radius 3 is 2.31 bits per heavy atom. The molecule has 32 heavy (non-hydrogen) atoms. The molecule has 0 aliphatic heterocycles. The highest BCUT2D eigenvalue weighted by molar-refractivity contribution is 5.75. The second kappa shape index (κ2) is 10.6. The number of urea groups is 1. The summed E-state index contributed by atoms with van der Waals surface area (Å²) in [6.07, 6.45) is -3.86. The molecule has 168 valence electrons. The fourth-order valence-electron chi connectivity index (χ4n) is 2.90. The lowest BCUT2D eigenvalue weighted by Gasteiger charge is -2.20. The van der Waals surface area contributed by atoms with E-state index in [9.17, 15) is 23.1 Å². The first-order valence-corrected chi connectivity index (χ1v) is 9.81. The molecule has 0 fully saturated rings. The van der Waals surface area contributed by atoms with Crippen molar-refractivity contribution < 1.29 is 27.8 Å². The molecular formula is C23H22F3N3O3. The van der Waals surface area contributed by atoms with Gasteiger partial charge in [0, 0.05) is 12.7 Å². The summed E-state index contributed by atoms with van der Waals surface area (Å²) < 4.78 is 43.0. The zero-order valence-corrected chi connectivity index (χ0v) is 16.9. The number of amides is 2. The number of carbonyl (C=O) groups is 1. The van der Waals surface area contributed by atoms with Crippen LogP contribution in [0, 0.1) is 0 Å². The van der Waals surface area contributed by atoms with Crippen LogP contribution in [0.4, 0.5) is 18.0 Å². The smallest absolute Gasteiger partial charge is 0.416 e. The van der Waals surface area contributed by atoms with Gasteiger partial charge in [0.2, 0.25) is 0 Å². The number of aromatic nitrogens is 1. The van der Waals surface area contributed by atoms with Crippen LogP contribution in [0.1, 0.15) is 22.9 Å². The number of carbonyl (C=O) groups excluding carboxylic acids is 1. The minimum absolute atomic E-state index is 0.115. The number of aliphatic hydroxyl groups excluding tert-OH is 1. The standard InChI is InChI=1S/C23H22F3N3O3/c24-23(25,26)17-9-11-19(12-10-17)32-15-18(30)14-28-22(31)29-21(16-6-2-1-3-7-16)20-8-4-5-13-27-20/h1-13,18,21,30H,14-15H2,(H2,28,29,31). The number of rotatable bonds is 8. The Kier molecular flexibility index (Phi) is 7.67. The van der Waals surface area contributed by atoms with Gasteiger partial charge in [-0.1, -0.05) is 36.4 Å². The number of pyridine rings is 1. The van der Waals surface area contributed by atoms with Crippen LogP contribution < -0.4 is 15.4 Å². The van der Waals surface area contributed by atoms with Gasteiger partial charge in [-0.15, -0.1) is 0 Å². The molecule has 0 saturated heterocycles. The van der Waals surface area contributed by atoms with Gasteiger partial charge in [-0.05, 0) is 42.0 Å². The summed E-state index contributed by atoms with van der Waals surface area (Å²) in [7, 11) is 0. The molecule has 3 N–H and O–H groups in total. The van der Waals surface area contributed by atoms with E-state index in [4.69, 9.17) is 4.74 Å². The number of ether oxygens (including phenoxy) is 1. The predicted molar refractivity (Wildman–Crippen MR) is 112 cm³/mol. The molecule has 2 unspecified atom stereocenters. The van der Waals surface area contributed by atoms with E-state index in [1.54, 1.807) is 18.3 Å². The average Bonchev–Trinajstić information content (AvgIpc) is 2.80. The van der Waals surface area contributed by atoms with Crippen molar-refractivity contribution in [1.29, 1.82) is 0 Å². The van der Waals surface area contributed by atoms with Crippen LogP contribution >= 0.6 is 0 Å². The Hall–Kier alpha value is -3.59. The summed E-state index contributed by atoms with van der Waals surface area (Å²) in [5.41, 5.74) is 0.706. The van der Waals surface area contributed by atoms with Crippen molar-refractivity contribution in [2.75, 3.05) is 13.2 Å². The molecule has 1 aromatic heterocycles. The molecule has 3 rings (SSSR count). The predicted octanol–water partition coefficient (Wildman–Crippen LogP) is 3.93. The molecule has 9 heteroatoms. The summed E-state index contributed by atoms with van der Waals surface area (Å²) in [6, 6.07) is 17.8. The van der Waals surface area contributed by atoms with Gasteiger partial charge in [0.25, 0.3) is 0 Å². The van der Waals surface area contributed by atoms with E-state index in [-0.39, 0.29) is 18.9 Å². The number of halogens is 3. The maximum Gasteiger partial charge on any atom is 0.416 e. The lowest BCUT2D eigenvalue weighted by Crippen LogP contribution is -2.43. The van der Waals surface area contributed by atoms with Gasteiger partial charge in [0.15, 0.2) is 0 Å². The fraction of sp³-hybridized carbons (Fsp3) is 0.217. The lowest BCUT2D eigenvalue weighted by atomic mass is 10.0. The molecule has 0 aliphatic carbocycles. The van der Waals surface area contributed by atoms with E-state index in [2.05, 4.69) is 15.6 Å². The molecule has 2 atom stereocenters. The fourth-order valence-corrected chi connectivity index (χ4v) is 2.90. The van der Waals surface area contributed by atoms with Crippen molar-refractivity contribution in [2.24, 2.45) is 0 Å². The van der Waals surface area contributed by atoms with Gasteiger partial charge in [-0.25, -0.2) is 4.79 Å². The first kappa shape index (κ1) is 23.1. The molecule has 3 aromatic rings. The number of aliphatic hydroxyl groups is 1. The van der Waals surface area contributed by atoms with Crippen LogP contribution in [-0.2, 0) is 6.18 Å². The minimum Gasteiger partial charge on any atom is -0.491 e. The Morgan fingerprint density at radius 1 is 1.00 bits per heavy atom. The van der Waals surface area contributed by atoms with E-state index in [0.29, 0.717) is 5.69 Å². The van der Waals surface area contributed by atoms with Crippen molar-refractivity contribution in [3.63, 3.8) is 0 Å². The molecule has 6 nitrogen and oxygen atoms in total. The van der Waals surface area contributed by atoms with Crippen molar-refractivity contribution in [1.82, 2.24) is 15.6 Å². The van der Waals surface area contributed by atoms with Gasteiger partial charge in [-0.3, -0.25) is 4.98 Å². The van der Waals surface area contributed by atoms with Crippen LogP contribution in [0.5, 0.6) is 5.75 Å². The summed E-state index contributed by atoms with van der Waals surface area (Å²) >= 11 is 0. The van der Waals surface area contributed by atoms with Crippen LogP contribution in [0.3, 0.4) is 0 Å². The molecule has 1 heterocycles. The normalized spacial score (nSPS) is 13.1. The number of nitrogens with zero attached hydrogens (tertiary/aromatic N) is 1. The Labute approximate surface area is 183 Å². The quantitative estimate of drug-likeness (QED) is 0.491. The highest BCUT2D eigenvalue weighted by Gasteiger charge is 2.30. The lowest BCUT2D eigenvalue weighted by molar-refractivity contribution is -0.137. The Bertz CT molecular complexity index is 945. The van der Waals surface area contributed by atoms with Gasteiger partial charge in [0.05, 0.1) is 17.3 Å². The third kappa shape index (κ3) is 6.71. The Balaban J connectivity index is 1.50. The molecule has 2 aromatic carbocycles. The highest BCUT2D eigenvalue weighted by Crippen LogP contribution is 2.30. The zero-order chi connectivity index (χ0) is 23.0. The number of hydrogen-bond acceptors (Lipinski definition) is 4. The van der Waals surface area contributed by atoms with Gasteiger partial charge in [0.1, 0.15) is 18.5 Å². The second-order valence-corrected chi connectivity index (χ2v) is 6.94. The summed E-state index contributed by atoms with van der Waals surface area (Å²) in [5, 5.41) is 15.4. The van der Waals surface area contributed by atoms with Crippen molar-refractivity contribution in [3.8, 4) is 5.75 Å². The third-order valence-electron chi connectivity index (χ3n) is 4.51. The van der Waals surface area contributed by atoms with Crippen LogP contribution in [-0.4, -0.2) is 35.4 Å². The van der Waals surface area contributed by atoms with Gasteiger partial charge < -0.3 is 20.5 Å². The molecular weight excluding hydrogens is 423 g/mol. The molecule has 0 spiro atoms. The van der Waals surface area contributed by atoms with Crippen LogP contribution in [0.2, 0.25) is 0 Å².